The zero-order valence-corrected chi connectivity index (χ0v) is 35.2. The Morgan fingerprint density at radius 3 is 1.76 bits per heavy atom. The van der Waals surface area contributed by atoms with Gasteiger partial charge in [0.1, 0.15) is 40.0 Å². The molecular weight excluding hydrogens is 801 g/mol. The molecule has 0 fully saturated rings. The van der Waals surface area contributed by atoms with Crippen LogP contribution in [-0.4, -0.2) is 58.8 Å². The van der Waals surface area contributed by atoms with E-state index in [4.69, 9.17) is 32.5 Å². The van der Waals surface area contributed by atoms with Gasteiger partial charge < -0.3 is 47.8 Å². The van der Waals surface area contributed by atoms with Crippen LogP contribution in [0.2, 0.25) is 0 Å². The zero-order valence-electron chi connectivity index (χ0n) is 35.2. The molecule has 2 aliphatic heterocycles. The SMILES string of the molecule is COc1cc(CCC(=O)O[C@H]2Cc3cc4ccc(=O)oc4cc3OC2(C)C)ccc1O.COc1cc(C[C@H](C(=O)O)C2Cc3cc4ccc(=O)oc4cc3OC2(C)C)ccc1O. The number of hydrogen-bond donors (Lipinski definition) is 3. The number of aromatic hydroxyl groups is 2. The molecule has 0 saturated heterocycles. The molecule has 0 saturated carbocycles. The second-order valence-corrected chi connectivity index (χ2v) is 16.6. The van der Waals surface area contributed by atoms with Crippen LogP contribution in [0, 0.1) is 11.8 Å². The van der Waals surface area contributed by atoms with Crippen LogP contribution in [0.4, 0.5) is 0 Å². The third-order valence-electron chi connectivity index (χ3n) is 11.5. The van der Waals surface area contributed by atoms with E-state index < -0.39 is 40.4 Å². The standard InChI is InChI=1S/2C24H24O7/c1-24(2)21(30-23(27)8-5-14-4-7-17(25)20(10-14)28-3)12-16-11-15-6-9-22(26)29-18(15)13-19(16)31-24;1-24(2)17(16(23(27)28)8-13-4-6-18(25)21(9-13)29-3)11-15-10-14-5-7-22(26)30-19(14)12-20(15)31-24/h4,6-7,9-11,13,21,25H,5,8,12H2,1-3H3;4-7,9-10,12,16-17,25H,8,11H2,1-3H3,(H,27,28)/t21-;16-,17?/m00/s1. The summed E-state index contributed by atoms with van der Waals surface area (Å²) in [7, 11) is 2.93. The lowest BCUT2D eigenvalue weighted by Gasteiger charge is -2.42. The molecule has 62 heavy (non-hydrogen) atoms. The maximum atomic E-state index is 12.5. The van der Waals surface area contributed by atoms with Crippen LogP contribution in [0.3, 0.4) is 0 Å². The third-order valence-corrected chi connectivity index (χ3v) is 11.5. The van der Waals surface area contributed by atoms with Gasteiger partial charge in [-0.25, -0.2) is 9.59 Å². The number of hydrogen-bond acceptors (Lipinski definition) is 13. The Morgan fingerprint density at radius 1 is 0.694 bits per heavy atom. The summed E-state index contributed by atoms with van der Waals surface area (Å²) in [5.74, 6) is -0.326. The monoisotopic (exact) mass is 848 g/mol. The van der Waals surface area contributed by atoms with Crippen molar-refractivity contribution in [2.45, 2.75) is 77.1 Å². The molecule has 324 valence electrons. The predicted molar refractivity (Wildman–Crippen MR) is 228 cm³/mol. The number of fused-ring (bicyclic) bond motifs is 4. The average molecular weight is 849 g/mol. The normalized spacial score (nSPS) is 17.5. The fourth-order valence-corrected chi connectivity index (χ4v) is 8.09. The van der Waals surface area contributed by atoms with Crippen molar-refractivity contribution in [2.24, 2.45) is 11.8 Å². The topological polar surface area (TPSA) is 201 Å². The molecule has 8 rings (SSSR count). The van der Waals surface area contributed by atoms with E-state index >= 15 is 0 Å². The largest absolute Gasteiger partial charge is 0.504 e. The lowest BCUT2D eigenvalue weighted by molar-refractivity contribution is -0.161. The molecule has 0 bridgehead atoms. The first-order valence-electron chi connectivity index (χ1n) is 20.1. The first kappa shape index (κ1) is 43.1. The highest BCUT2D eigenvalue weighted by Crippen LogP contribution is 2.44. The Kier molecular flexibility index (Phi) is 12.0. The molecule has 2 aliphatic rings. The quantitative estimate of drug-likeness (QED) is 0.0901. The van der Waals surface area contributed by atoms with Crippen LogP contribution >= 0.6 is 0 Å². The maximum Gasteiger partial charge on any atom is 0.336 e. The van der Waals surface area contributed by atoms with Crippen molar-refractivity contribution in [2.75, 3.05) is 14.2 Å². The minimum atomic E-state index is -0.913. The van der Waals surface area contributed by atoms with Crippen molar-refractivity contribution in [3.63, 3.8) is 0 Å². The van der Waals surface area contributed by atoms with Crippen molar-refractivity contribution >= 4 is 33.9 Å². The number of esters is 1. The second-order valence-electron chi connectivity index (χ2n) is 16.6. The minimum Gasteiger partial charge on any atom is -0.504 e. The number of methoxy groups -OCH3 is 2. The van der Waals surface area contributed by atoms with Gasteiger partial charge in [-0.3, -0.25) is 9.59 Å². The number of aliphatic carboxylic acids is 1. The Labute approximate surface area is 356 Å². The van der Waals surface area contributed by atoms with E-state index in [1.807, 2.05) is 39.8 Å². The van der Waals surface area contributed by atoms with E-state index in [1.165, 1.54) is 32.4 Å². The van der Waals surface area contributed by atoms with E-state index in [2.05, 4.69) is 0 Å². The number of rotatable bonds is 10. The van der Waals surface area contributed by atoms with Gasteiger partial charge >= 0.3 is 23.2 Å². The van der Waals surface area contributed by atoms with E-state index in [9.17, 15) is 34.5 Å². The van der Waals surface area contributed by atoms with E-state index in [0.29, 0.717) is 53.4 Å². The van der Waals surface area contributed by atoms with Crippen molar-refractivity contribution in [1.29, 1.82) is 0 Å². The van der Waals surface area contributed by atoms with Gasteiger partial charge in [0, 0.05) is 53.8 Å². The van der Waals surface area contributed by atoms with Gasteiger partial charge in [0.2, 0.25) is 0 Å². The van der Waals surface area contributed by atoms with Crippen molar-refractivity contribution in [3.05, 3.63) is 128 Å². The molecule has 0 radical (unpaired) electrons. The van der Waals surface area contributed by atoms with Crippen LogP contribution in [0.25, 0.3) is 21.9 Å². The average Bonchev–Trinajstić information content (AvgIpc) is 3.21. The zero-order chi connectivity index (χ0) is 44.5. The summed E-state index contributed by atoms with van der Waals surface area (Å²) in [5, 5.41) is 31.1. The lowest BCUT2D eigenvalue weighted by Crippen LogP contribution is -2.48. The predicted octanol–water partition coefficient (Wildman–Crippen LogP) is 7.55. The first-order valence-corrected chi connectivity index (χ1v) is 20.1. The van der Waals surface area contributed by atoms with Gasteiger partial charge in [0.05, 0.1) is 20.1 Å². The highest BCUT2D eigenvalue weighted by atomic mass is 16.6. The number of carbonyl (C=O) groups is 2. The summed E-state index contributed by atoms with van der Waals surface area (Å²) < 4.78 is 38.9. The number of phenols is 2. The summed E-state index contributed by atoms with van der Waals surface area (Å²) >= 11 is 0. The van der Waals surface area contributed by atoms with Gasteiger partial charge in [-0.2, -0.15) is 0 Å². The molecule has 3 atom stereocenters. The highest BCUT2D eigenvalue weighted by Gasteiger charge is 2.45. The summed E-state index contributed by atoms with van der Waals surface area (Å²) in [6, 6.07) is 23.2. The molecule has 14 heteroatoms. The first-order chi connectivity index (χ1) is 29.4. The van der Waals surface area contributed by atoms with E-state index in [0.717, 1.165) is 33.0 Å². The molecule has 0 aliphatic carbocycles. The maximum absolute atomic E-state index is 12.5. The van der Waals surface area contributed by atoms with E-state index in [-0.39, 0.29) is 36.2 Å². The molecular formula is C48H48O14. The molecule has 4 aromatic carbocycles. The molecule has 0 amide bonds. The minimum absolute atomic E-state index is 0.00640. The number of benzene rings is 4. The number of carbonyl (C=O) groups excluding carboxylic acids is 1. The van der Waals surface area contributed by atoms with Gasteiger partial charge in [-0.05, 0) is 118 Å². The van der Waals surface area contributed by atoms with Crippen LogP contribution in [-0.2, 0) is 40.0 Å². The Balaban J connectivity index is 0.000000186. The second kappa shape index (κ2) is 17.2. The number of phenolic OH excluding ortho intramolecular Hbond substituents is 2. The Bertz CT molecular complexity index is 2780. The summed E-state index contributed by atoms with van der Waals surface area (Å²) in [6.07, 6.45) is 1.45. The fourth-order valence-electron chi connectivity index (χ4n) is 8.09. The number of carboxylic acids is 1. The van der Waals surface area contributed by atoms with Gasteiger partial charge in [0.15, 0.2) is 23.0 Å². The fraction of sp³-hybridized carbons (Fsp3) is 0.333. The highest BCUT2D eigenvalue weighted by molar-refractivity contribution is 5.81. The molecule has 6 aromatic rings. The van der Waals surface area contributed by atoms with Gasteiger partial charge in [-0.1, -0.05) is 12.1 Å². The third kappa shape index (κ3) is 9.34. The Morgan fingerprint density at radius 2 is 1.21 bits per heavy atom. The van der Waals surface area contributed by atoms with Crippen LogP contribution in [0.1, 0.15) is 56.4 Å². The summed E-state index contributed by atoms with van der Waals surface area (Å²) in [6.45, 7) is 7.48. The molecule has 4 heterocycles. The Hall–Kier alpha value is -6.96. The number of ether oxygens (including phenoxy) is 5. The van der Waals surface area contributed by atoms with Crippen molar-refractivity contribution in [1.82, 2.24) is 0 Å². The van der Waals surface area contributed by atoms with Crippen LogP contribution in [0.15, 0.2) is 103 Å². The van der Waals surface area contributed by atoms with Gasteiger partial charge in [-0.15, -0.1) is 0 Å². The van der Waals surface area contributed by atoms with E-state index in [1.54, 1.807) is 54.6 Å². The molecule has 0 spiro atoms. The van der Waals surface area contributed by atoms with Crippen LogP contribution < -0.4 is 30.2 Å². The van der Waals surface area contributed by atoms with Crippen molar-refractivity contribution in [3.8, 4) is 34.5 Å². The smallest absolute Gasteiger partial charge is 0.336 e. The number of carboxylic acid groups (broad SMARTS) is 1. The lowest BCUT2D eigenvalue weighted by atomic mass is 9.72. The molecule has 1 unspecified atom stereocenters. The van der Waals surface area contributed by atoms with Crippen molar-refractivity contribution < 1.29 is 57.4 Å². The van der Waals surface area contributed by atoms with Gasteiger partial charge in [0.25, 0.3) is 0 Å². The van der Waals surface area contributed by atoms with Crippen LogP contribution in [0.5, 0.6) is 34.5 Å². The summed E-state index contributed by atoms with van der Waals surface area (Å²) in [5.41, 5.74) is 1.92. The molecule has 3 N–H and O–H groups in total. The molecule has 2 aromatic heterocycles. The summed E-state index contributed by atoms with van der Waals surface area (Å²) in [4.78, 5) is 47.9. The molecule has 14 nitrogen and oxygen atoms in total. The number of aryl methyl sites for hydroxylation is 1.